The van der Waals surface area contributed by atoms with Crippen LogP contribution in [0.2, 0.25) is 10.0 Å². The summed E-state index contributed by atoms with van der Waals surface area (Å²) in [4.78, 5) is 0. The van der Waals surface area contributed by atoms with Gasteiger partial charge in [-0.15, -0.1) is 0 Å². The van der Waals surface area contributed by atoms with Crippen molar-refractivity contribution in [2.24, 2.45) is 5.84 Å². The summed E-state index contributed by atoms with van der Waals surface area (Å²) in [5, 5.41) is 1.19. The summed E-state index contributed by atoms with van der Waals surface area (Å²) in [7, 11) is 0. The molecule has 0 radical (unpaired) electrons. The van der Waals surface area contributed by atoms with Gasteiger partial charge in [0.15, 0.2) is 0 Å². The van der Waals surface area contributed by atoms with Gasteiger partial charge in [-0.05, 0) is 49.4 Å². The van der Waals surface area contributed by atoms with E-state index in [9.17, 15) is 0 Å². The standard InChI is InChI=1S/C17H20Cl2N2/c1-11-6-7-12(2)14(8-11)10-15(21-20)9-13-4-3-5-16(18)17(13)19/h3-8,15,21H,9-10,20H2,1-2H3. The van der Waals surface area contributed by atoms with Crippen LogP contribution in [0.15, 0.2) is 36.4 Å². The number of rotatable bonds is 5. The fraction of sp³-hybridized carbons (Fsp3) is 0.294. The number of nitrogens with two attached hydrogens (primary N) is 1. The van der Waals surface area contributed by atoms with Crippen molar-refractivity contribution >= 4 is 23.2 Å². The lowest BCUT2D eigenvalue weighted by molar-refractivity contribution is 0.521. The van der Waals surface area contributed by atoms with Crippen molar-refractivity contribution in [1.82, 2.24) is 5.43 Å². The highest BCUT2D eigenvalue weighted by atomic mass is 35.5. The zero-order valence-corrected chi connectivity index (χ0v) is 13.8. The van der Waals surface area contributed by atoms with Gasteiger partial charge in [-0.2, -0.15) is 0 Å². The molecule has 0 saturated carbocycles. The maximum absolute atomic E-state index is 6.25. The van der Waals surface area contributed by atoms with Gasteiger partial charge in [0, 0.05) is 6.04 Å². The van der Waals surface area contributed by atoms with E-state index in [1.807, 2.05) is 12.1 Å². The van der Waals surface area contributed by atoms with Crippen LogP contribution in [0.5, 0.6) is 0 Å². The van der Waals surface area contributed by atoms with E-state index in [1.165, 1.54) is 16.7 Å². The fourth-order valence-electron chi connectivity index (χ4n) is 2.45. The highest BCUT2D eigenvalue weighted by molar-refractivity contribution is 6.42. The molecule has 0 aliphatic carbocycles. The lowest BCUT2D eigenvalue weighted by Gasteiger charge is -2.18. The molecule has 2 aromatic rings. The average molecular weight is 323 g/mol. The first-order chi connectivity index (χ1) is 10.0. The first-order valence-electron chi connectivity index (χ1n) is 6.96. The summed E-state index contributed by atoms with van der Waals surface area (Å²) >= 11 is 12.3. The van der Waals surface area contributed by atoms with Crippen LogP contribution in [0.25, 0.3) is 0 Å². The van der Waals surface area contributed by atoms with E-state index in [0.717, 1.165) is 18.4 Å². The smallest absolute Gasteiger partial charge is 0.0624 e. The third-order valence-corrected chi connectivity index (χ3v) is 4.56. The minimum Gasteiger partial charge on any atom is -0.271 e. The number of hydrogen-bond donors (Lipinski definition) is 2. The molecule has 1 atom stereocenters. The molecule has 0 bridgehead atoms. The van der Waals surface area contributed by atoms with Crippen LogP contribution in [0, 0.1) is 13.8 Å². The number of hydrogen-bond acceptors (Lipinski definition) is 2. The quantitative estimate of drug-likeness (QED) is 0.638. The van der Waals surface area contributed by atoms with Crippen molar-refractivity contribution in [3.05, 3.63) is 68.7 Å². The Morgan fingerprint density at radius 1 is 1.05 bits per heavy atom. The molecule has 0 fully saturated rings. The second-order valence-electron chi connectivity index (χ2n) is 5.41. The van der Waals surface area contributed by atoms with E-state index >= 15 is 0 Å². The molecule has 1 unspecified atom stereocenters. The van der Waals surface area contributed by atoms with Crippen molar-refractivity contribution in [3.8, 4) is 0 Å². The summed E-state index contributed by atoms with van der Waals surface area (Å²) in [6.45, 7) is 4.22. The topological polar surface area (TPSA) is 38.0 Å². The average Bonchev–Trinajstić information content (AvgIpc) is 2.46. The number of halogens is 2. The van der Waals surface area contributed by atoms with Crippen molar-refractivity contribution in [3.63, 3.8) is 0 Å². The maximum Gasteiger partial charge on any atom is 0.0624 e. The molecule has 0 aromatic heterocycles. The van der Waals surface area contributed by atoms with Crippen LogP contribution in [0.3, 0.4) is 0 Å². The molecule has 3 N–H and O–H groups in total. The molecule has 112 valence electrons. The molecule has 0 spiro atoms. The number of aryl methyl sites for hydroxylation is 2. The normalized spacial score (nSPS) is 12.4. The molecule has 0 saturated heterocycles. The molecule has 2 rings (SSSR count). The van der Waals surface area contributed by atoms with Crippen LogP contribution >= 0.6 is 23.2 Å². The van der Waals surface area contributed by atoms with E-state index < -0.39 is 0 Å². The minimum absolute atomic E-state index is 0.112. The third kappa shape index (κ3) is 4.21. The van der Waals surface area contributed by atoms with Gasteiger partial charge in [0.1, 0.15) is 0 Å². The Bertz CT molecular complexity index is 622. The van der Waals surface area contributed by atoms with E-state index in [0.29, 0.717) is 10.0 Å². The van der Waals surface area contributed by atoms with Gasteiger partial charge in [-0.3, -0.25) is 11.3 Å². The highest BCUT2D eigenvalue weighted by Gasteiger charge is 2.13. The summed E-state index contributed by atoms with van der Waals surface area (Å²) < 4.78 is 0. The minimum atomic E-state index is 0.112. The Hall–Kier alpha value is -1.06. The van der Waals surface area contributed by atoms with Gasteiger partial charge in [0.2, 0.25) is 0 Å². The van der Waals surface area contributed by atoms with Crippen LogP contribution < -0.4 is 11.3 Å². The Morgan fingerprint density at radius 3 is 2.48 bits per heavy atom. The maximum atomic E-state index is 6.25. The Labute approximate surface area is 136 Å². The van der Waals surface area contributed by atoms with Gasteiger partial charge in [-0.1, -0.05) is 59.1 Å². The summed E-state index contributed by atoms with van der Waals surface area (Å²) in [5.74, 6) is 5.72. The first kappa shape index (κ1) is 16.3. The van der Waals surface area contributed by atoms with Gasteiger partial charge in [0.05, 0.1) is 10.0 Å². The van der Waals surface area contributed by atoms with Gasteiger partial charge in [0.25, 0.3) is 0 Å². The van der Waals surface area contributed by atoms with E-state index in [2.05, 4.69) is 37.5 Å². The molecule has 0 heterocycles. The van der Waals surface area contributed by atoms with E-state index in [1.54, 1.807) is 6.07 Å². The van der Waals surface area contributed by atoms with Gasteiger partial charge >= 0.3 is 0 Å². The van der Waals surface area contributed by atoms with Crippen molar-refractivity contribution in [2.75, 3.05) is 0 Å². The predicted octanol–water partition coefficient (Wildman–Crippen LogP) is 4.23. The molecule has 4 heteroatoms. The zero-order valence-electron chi connectivity index (χ0n) is 12.3. The third-order valence-electron chi connectivity index (χ3n) is 3.70. The van der Waals surface area contributed by atoms with Gasteiger partial charge in [-0.25, -0.2) is 0 Å². The molecular formula is C17H20Cl2N2. The van der Waals surface area contributed by atoms with Gasteiger partial charge < -0.3 is 0 Å². The monoisotopic (exact) mass is 322 g/mol. The summed E-state index contributed by atoms with van der Waals surface area (Å²) in [5.41, 5.74) is 7.74. The molecule has 21 heavy (non-hydrogen) atoms. The number of hydrazine groups is 1. The van der Waals surface area contributed by atoms with Crippen molar-refractivity contribution < 1.29 is 0 Å². The summed E-state index contributed by atoms with van der Waals surface area (Å²) in [6.07, 6.45) is 1.59. The van der Waals surface area contributed by atoms with Crippen molar-refractivity contribution in [1.29, 1.82) is 0 Å². The highest BCUT2D eigenvalue weighted by Crippen LogP contribution is 2.27. The predicted molar refractivity (Wildman–Crippen MR) is 90.9 cm³/mol. The Balaban J connectivity index is 2.17. The van der Waals surface area contributed by atoms with E-state index in [4.69, 9.17) is 29.0 Å². The second-order valence-corrected chi connectivity index (χ2v) is 6.20. The Morgan fingerprint density at radius 2 is 1.76 bits per heavy atom. The summed E-state index contributed by atoms with van der Waals surface area (Å²) in [6, 6.07) is 12.3. The molecule has 0 amide bonds. The molecular weight excluding hydrogens is 303 g/mol. The van der Waals surface area contributed by atoms with Crippen LogP contribution in [-0.2, 0) is 12.8 Å². The molecule has 2 nitrogen and oxygen atoms in total. The largest absolute Gasteiger partial charge is 0.271 e. The van der Waals surface area contributed by atoms with Crippen LogP contribution in [0.4, 0.5) is 0 Å². The van der Waals surface area contributed by atoms with Crippen LogP contribution in [0.1, 0.15) is 22.3 Å². The molecule has 0 aliphatic rings. The first-order valence-corrected chi connectivity index (χ1v) is 7.72. The second kappa shape index (κ2) is 7.28. The van der Waals surface area contributed by atoms with Crippen molar-refractivity contribution in [2.45, 2.75) is 32.7 Å². The zero-order chi connectivity index (χ0) is 15.4. The fourth-order valence-corrected chi connectivity index (χ4v) is 2.84. The SMILES string of the molecule is Cc1ccc(C)c(CC(Cc2cccc(Cl)c2Cl)NN)c1. The Kier molecular flexibility index (Phi) is 5.65. The lowest BCUT2D eigenvalue weighted by Crippen LogP contribution is -2.38. The van der Waals surface area contributed by atoms with E-state index in [-0.39, 0.29) is 6.04 Å². The molecule has 0 aliphatic heterocycles. The van der Waals surface area contributed by atoms with Crippen LogP contribution in [-0.4, -0.2) is 6.04 Å². The molecule has 2 aromatic carbocycles. The number of nitrogens with one attached hydrogen (secondary N) is 1. The lowest BCUT2D eigenvalue weighted by atomic mass is 9.95. The number of benzene rings is 2.